The molecule has 0 aromatic rings. The summed E-state index contributed by atoms with van der Waals surface area (Å²) in [6.45, 7) is 3.59. The van der Waals surface area contributed by atoms with Crippen molar-refractivity contribution in [3.63, 3.8) is 0 Å². The lowest BCUT2D eigenvalue weighted by Gasteiger charge is -2.22. The van der Waals surface area contributed by atoms with Gasteiger partial charge in [-0.3, -0.25) is 9.69 Å². The maximum atomic E-state index is 11.0. The number of fused-ring (bicyclic) bond motifs is 1. The van der Waals surface area contributed by atoms with Crippen LogP contribution in [0.2, 0.25) is 0 Å². The Balaban J connectivity index is 1.98. The maximum Gasteiger partial charge on any atom is 0.234 e. The van der Waals surface area contributed by atoms with Crippen molar-refractivity contribution in [3.8, 4) is 0 Å². The van der Waals surface area contributed by atoms with Crippen molar-refractivity contribution in [2.75, 3.05) is 13.1 Å². The number of rotatable bonds is 2. The molecule has 4 atom stereocenters. The summed E-state index contributed by atoms with van der Waals surface area (Å²) in [5.41, 5.74) is 5.26. The van der Waals surface area contributed by atoms with Crippen molar-refractivity contribution >= 4 is 5.91 Å². The van der Waals surface area contributed by atoms with Gasteiger partial charge in [-0.25, -0.2) is 0 Å². The maximum absolute atomic E-state index is 11.0. The van der Waals surface area contributed by atoms with Gasteiger partial charge in [0.1, 0.15) is 0 Å². The normalized spacial score (nSPS) is 39.7. The smallest absolute Gasteiger partial charge is 0.234 e. The Bertz CT molecular complexity index is 244. The highest BCUT2D eigenvalue weighted by Crippen LogP contribution is 2.38. The second-order valence-electron chi connectivity index (χ2n) is 4.60. The Hall–Kier alpha value is -0.610. The quantitative estimate of drug-likeness (QED) is 0.632. The van der Waals surface area contributed by atoms with Crippen LogP contribution in [0, 0.1) is 11.8 Å². The van der Waals surface area contributed by atoms with Crippen molar-refractivity contribution in [2.24, 2.45) is 17.6 Å². The minimum atomic E-state index is -0.264. The van der Waals surface area contributed by atoms with Crippen molar-refractivity contribution in [1.29, 1.82) is 0 Å². The molecule has 14 heavy (non-hydrogen) atoms. The van der Waals surface area contributed by atoms with Crippen LogP contribution in [0.15, 0.2) is 0 Å². The van der Waals surface area contributed by atoms with Crippen LogP contribution >= 0.6 is 0 Å². The molecule has 0 radical (unpaired) electrons. The molecule has 80 valence electrons. The van der Waals surface area contributed by atoms with Crippen molar-refractivity contribution in [1.82, 2.24) is 4.90 Å². The number of nitrogens with zero attached hydrogens (tertiary/aromatic N) is 1. The Morgan fingerprint density at radius 3 is 2.79 bits per heavy atom. The van der Waals surface area contributed by atoms with Gasteiger partial charge in [0.05, 0.1) is 12.1 Å². The van der Waals surface area contributed by atoms with Gasteiger partial charge in [0.15, 0.2) is 0 Å². The van der Waals surface area contributed by atoms with Gasteiger partial charge in [0, 0.05) is 19.0 Å². The predicted molar refractivity (Wildman–Crippen MR) is 52.5 cm³/mol. The first kappa shape index (κ1) is 9.93. The van der Waals surface area contributed by atoms with Crippen LogP contribution < -0.4 is 5.73 Å². The summed E-state index contributed by atoms with van der Waals surface area (Å²) in [7, 11) is 0. The molecule has 2 aliphatic rings. The van der Waals surface area contributed by atoms with Crippen LogP contribution in [0.25, 0.3) is 0 Å². The number of carbonyl (C=O) groups is 1. The van der Waals surface area contributed by atoms with Crippen LogP contribution in [0.3, 0.4) is 0 Å². The monoisotopic (exact) mass is 198 g/mol. The molecule has 2 rings (SSSR count). The molecular weight excluding hydrogens is 180 g/mol. The van der Waals surface area contributed by atoms with Crippen molar-refractivity contribution in [3.05, 3.63) is 0 Å². The fourth-order valence-electron chi connectivity index (χ4n) is 2.77. The number of primary amides is 1. The van der Waals surface area contributed by atoms with Crippen LogP contribution in [0.5, 0.6) is 0 Å². The van der Waals surface area contributed by atoms with E-state index in [9.17, 15) is 9.90 Å². The molecule has 4 heteroatoms. The Morgan fingerprint density at radius 2 is 2.21 bits per heavy atom. The number of hydrogen-bond donors (Lipinski definition) is 2. The van der Waals surface area contributed by atoms with Gasteiger partial charge in [-0.15, -0.1) is 0 Å². The van der Waals surface area contributed by atoms with Crippen LogP contribution in [0.1, 0.15) is 19.8 Å². The van der Waals surface area contributed by atoms with E-state index >= 15 is 0 Å². The first-order valence-corrected chi connectivity index (χ1v) is 5.31. The topological polar surface area (TPSA) is 66.6 Å². The third-order valence-corrected chi connectivity index (χ3v) is 3.81. The van der Waals surface area contributed by atoms with Gasteiger partial charge in [-0.05, 0) is 25.7 Å². The lowest BCUT2D eigenvalue weighted by molar-refractivity contribution is -0.122. The van der Waals surface area contributed by atoms with Crippen LogP contribution in [-0.2, 0) is 4.79 Å². The average Bonchev–Trinajstić information content (AvgIpc) is 2.67. The van der Waals surface area contributed by atoms with E-state index in [4.69, 9.17) is 5.73 Å². The number of nitrogens with two attached hydrogens (primary N) is 1. The second kappa shape index (κ2) is 3.51. The number of hydrogen-bond acceptors (Lipinski definition) is 3. The van der Waals surface area contributed by atoms with E-state index in [0.29, 0.717) is 11.8 Å². The lowest BCUT2D eigenvalue weighted by atomic mass is 10.00. The molecule has 0 aromatic heterocycles. The number of amides is 1. The number of aliphatic hydroxyl groups excluding tert-OH is 1. The molecule has 4 nitrogen and oxygen atoms in total. The van der Waals surface area contributed by atoms with Gasteiger partial charge in [-0.2, -0.15) is 0 Å². The fraction of sp³-hybridized carbons (Fsp3) is 0.900. The molecule has 1 amide bonds. The largest absolute Gasteiger partial charge is 0.393 e. The van der Waals surface area contributed by atoms with E-state index < -0.39 is 0 Å². The molecule has 1 saturated heterocycles. The van der Waals surface area contributed by atoms with E-state index in [2.05, 4.69) is 4.90 Å². The number of aliphatic hydroxyl groups is 1. The molecule has 0 aromatic carbocycles. The molecule has 1 aliphatic carbocycles. The van der Waals surface area contributed by atoms with E-state index in [1.807, 2.05) is 6.92 Å². The summed E-state index contributed by atoms with van der Waals surface area (Å²) in [5.74, 6) is 0.683. The fourth-order valence-corrected chi connectivity index (χ4v) is 2.77. The third kappa shape index (κ3) is 1.53. The Morgan fingerprint density at radius 1 is 1.50 bits per heavy atom. The molecule has 1 heterocycles. The zero-order chi connectivity index (χ0) is 10.3. The molecule has 3 N–H and O–H groups in total. The minimum Gasteiger partial charge on any atom is -0.393 e. The second-order valence-corrected chi connectivity index (χ2v) is 4.60. The Labute approximate surface area is 84.1 Å². The summed E-state index contributed by atoms with van der Waals surface area (Å²) >= 11 is 0. The Kier molecular flexibility index (Phi) is 2.49. The van der Waals surface area contributed by atoms with Crippen LogP contribution in [0.4, 0.5) is 0 Å². The van der Waals surface area contributed by atoms with Crippen molar-refractivity contribution in [2.45, 2.75) is 31.9 Å². The summed E-state index contributed by atoms with van der Waals surface area (Å²) in [4.78, 5) is 13.1. The highest BCUT2D eigenvalue weighted by molar-refractivity contribution is 5.79. The summed E-state index contributed by atoms with van der Waals surface area (Å²) in [5, 5.41) is 9.69. The molecule has 4 unspecified atom stereocenters. The molecule has 0 bridgehead atoms. The van der Waals surface area contributed by atoms with Gasteiger partial charge < -0.3 is 10.8 Å². The molecule has 1 saturated carbocycles. The molecule has 1 aliphatic heterocycles. The van der Waals surface area contributed by atoms with Gasteiger partial charge in [0.25, 0.3) is 0 Å². The highest BCUT2D eigenvalue weighted by atomic mass is 16.3. The number of likely N-dealkylation sites (tertiary alicyclic amines) is 1. The van der Waals surface area contributed by atoms with Gasteiger partial charge in [-0.1, -0.05) is 0 Å². The van der Waals surface area contributed by atoms with Gasteiger partial charge in [0.2, 0.25) is 5.91 Å². The minimum absolute atomic E-state index is 0.162. The van der Waals surface area contributed by atoms with Gasteiger partial charge >= 0.3 is 0 Å². The summed E-state index contributed by atoms with van der Waals surface area (Å²) in [6, 6.07) is -0.187. The SMILES string of the molecule is CC(C(N)=O)N1CC2CCC(O)C2C1. The van der Waals surface area contributed by atoms with E-state index in [1.165, 1.54) is 0 Å². The molecule has 2 fully saturated rings. The standard InChI is InChI=1S/C10H18N2O2/c1-6(10(11)14)12-4-7-2-3-9(13)8(7)5-12/h6-9,13H,2-5H2,1H3,(H2,11,14). The zero-order valence-electron chi connectivity index (χ0n) is 8.52. The zero-order valence-corrected chi connectivity index (χ0v) is 8.52. The average molecular weight is 198 g/mol. The summed E-state index contributed by atoms with van der Waals surface area (Å²) in [6.07, 6.45) is 1.85. The van der Waals surface area contributed by atoms with E-state index in [-0.39, 0.29) is 18.1 Å². The first-order chi connectivity index (χ1) is 6.59. The van der Waals surface area contributed by atoms with E-state index in [1.54, 1.807) is 0 Å². The van der Waals surface area contributed by atoms with Crippen molar-refractivity contribution < 1.29 is 9.90 Å². The summed E-state index contributed by atoms with van der Waals surface area (Å²) < 4.78 is 0. The first-order valence-electron chi connectivity index (χ1n) is 5.31. The predicted octanol–water partition coefficient (Wildman–Crippen LogP) is -0.437. The van der Waals surface area contributed by atoms with Crippen LogP contribution in [-0.4, -0.2) is 41.1 Å². The highest BCUT2D eigenvalue weighted by Gasteiger charge is 2.43. The molecule has 0 spiro atoms. The number of carbonyl (C=O) groups excluding carboxylic acids is 1. The molecular formula is C10H18N2O2. The lowest BCUT2D eigenvalue weighted by Crippen LogP contribution is -2.42. The third-order valence-electron chi connectivity index (χ3n) is 3.81. The van der Waals surface area contributed by atoms with E-state index in [0.717, 1.165) is 25.9 Å².